The van der Waals surface area contributed by atoms with Crippen LogP contribution < -0.4 is 5.73 Å². The van der Waals surface area contributed by atoms with Crippen molar-refractivity contribution in [2.75, 3.05) is 19.6 Å². The van der Waals surface area contributed by atoms with E-state index in [1.807, 2.05) is 36.1 Å². The number of carbonyl (C=O) groups excluding carboxylic acids is 1. The second kappa shape index (κ2) is 5.32. The molecule has 2 rings (SSSR count). The van der Waals surface area contributed by atoms with E-state index in [9.17, 15) is 4.79 Å². The first-order chi connectivity index (χ1) is 8.20. The molecule has 1 aliphatic heterocycles. The molecule has 0 aromatic heterocycles. The van der Waals surface area contributed by atoms with Crippen LogP contribution >= 0.6 is 0 Å². The van der Waals surface area contributed by atoms with Crippen molar-refractivity contribution in [2.45, 2.75) is 19.8 Å². The Morgan fingerprint density at radius 2 is 2.35 bits per heavy atom. The average molecular weight is 232 g/mol. The molecule has 1 unspecified atom stereocenters. The lowest BCUT2D eigenvalue weighted by Crippen LogP contribution is -2.29. The fourth-order valence-electron chi connectivity index (χ4n) is 2.45. The van der Waals surface area contributed by atoms with Crippen molar-refractivity contribution in [1.82, 2.24) is 4.90 Å². The van der Waals surface area contributed by atoms with Gasteiger partial charge in [0, 0.05) is 18.7 Å². The first kappa shape index (κ1) is 12.1. The number of aryl methyl sites for hydroxylation is 1. The third-order valence-electron chi connectivity index (χ3n) is 3.41. The number of benzene rings is 1. The zero-order valence-corrected chi connectivity index (χ0v) is 10.4. The van der Waals surface area contributed by atoms with E-state index in [-0.39, 0.29) is 5.91 Å². The Labute approximate surface area is 103 Å². The van der Waals surface area contributed by atoms with E-state index >= 15 is 0 Å². The summed E-state index contributed by atoms with van der Waals surface area (Å²) in [7, 11) is 0. The van der Waals surface area contributed by atoms with Crippen LogP contribution in [0, 0.1) is 12.8 Å². The minimum absolute atomic E-state index is 0.160. The quantitative estimate of drug-likeness (QED) is 0.864. The molecule has 3 heteroatoms. The van der Waals surface area contributed by atoms with Gasteiger partial charge in [0.25, 0.3) is 5.91 Å². The fourth-order valence-corrected chi connectivity index (χ4v) is 2.45. The van der Waals surface area contributed by atoms with Crippen molar-refractivity contribution >= 4 is 5.91 Å². The fraction of sp³-hybridized carbons (Fsp3) is 0.500. The molecule has 0 bridgehead atoms. The number of amides is 1. The van der Waals surface area contributed by atoms with Gasteiger partial charge in [0.05, 0.1) is 0 Å². The summed E-state index contributed by atoms with van der Waals surface area (Å²) in [4.78, 5) is 14.2. The maximum atomic E-state index is 12.2. The molecule has 92 valence electrons. The van der Waals surface area contributed by atoms with Crippen LogP contribution in [-0.2, 0) is 0 Å². The molecule has 0 spiro atoms. The van der Waals surface area contributed by atoms with Crippen molar-refractivity contribution < 1.29 is 4.79 Å². The Morgan fingerprint density at radius 1 is 1.53 bits per heavy atom. The largest absolute Gasteiger partial charge is 0.338 e. The predicted molar refractivity (Wildman–Crippen MR) is 68.9 cm³/mol. The van der Waals surface area contributed by atoms with Gasteiger partial charge in [0.2, 0.25) is 0 Å². The number of nitrogens with zero attached hydrogens (tertiary/aromatic N) is 1. The summed E-state index contributed by atoms with van der Waals surface area (Å²) >= 11 is 0. The number of nitrogens with two attached hydrogens (primary N) is 1. The number of hydrogen-bond donors (Lipinski definition) is 1. The van der Waals surface area contributed by atoms with Gasteiger partial charge in [-0.05, 0) is 44.4 Å². The van der Waals surface area contributed by atoms with E-state index in [0.29, 0.717) is 5.92 Å². The van der Waals surface area contributed by atoms with Gasteiger partial charge in [-0.15, -0.1) is 0 Å². The van der Waals surface area contributed by atoms with Crippen molar-refractivity contribution in [3.63, 3.8) is 0 Å². The van der Waals surface area contributed by atoms with E-state index in [1.54, 1.807) is 0 Å². The van der Waals surface area contributed by atoms with E-state index < -0.39 is 0 Å². The molecule has 17 heavy (non-hydrogen) atoms. The SMILES string of the molecule is Cc1cccc(C(=O)N2CCC(CCN)C2)c1. The molecule has 0 radical (unpaired) electrons. The molecule has 1 aromatic carbocycles. The number of hydrogen-bond acceptors (Lipinski definition) is 2. The zero-order chi connectivity index (χ0) is 12.3. The van der Waals surface area contributed by atoms with Crippen LogP contribution in [0.1, 0.15) is 28.8 Å². The van der Waals surface area contributed by atoms with Gasteiger partial charge in [0.15, 0.2) is 0 Å². The van der Waals surface area contributed by atoms with Gasteiger partial charge in [-0.2, -0.15) is 0 Å². The predicted octanol–water partition coefficient (Wildman–Crippen LogP) is 1.81. The first-order valence-corrected chi connectivity index (χ1v) is 6.26. The molecule has 0 saturated carbocycles. The van der Waals surface area contributed by atoms with E-state index in [2.05, 4.69) is 0 Å². The maximum Gasteiger partial charge on any atom is 0.253 e. The molecule has 1 atom stereocenters. The monoisotopic (exact) mass is 232 g/mol. The van der Waals surface area contributed by atoms with E-state index in [1.165, 1.54) is 0 Å². The van der Waals surface area contributed by atoms with Gasteiger partial charge >= 0.3 is 0 Å². The van der Waals surface area contributed by atoms with Crippen molar-refractivity contribution in [3.05, 3.63) is 35.4 Å². The number of carbonyl (C=O) groups is 1. The van der Waals surface area contributed by atoms with Crippen LogP contribution in [0.25, 0.3) is 0 Å². The lowest BCUT2D eigenvalue weighted by Gasteiger charge is -2.16. The van der Waals surface area contributed by atoms with Gasteiger partial charge < -0.3 is 10.6 Å². The summed E-state index contributed by atoms with van der Waals surface area (Å²) in [5, 5.41) is 0. The molecular formula is C14H20N2O. The third-order valence-corrected chi connectivity index (χ3v) is 3.41. The highest BCUT2D eigenvalue weighted by Gasteiger charge is 2.26. The summed E-state index contributed by atoms with van der Waals surface area (Å²) in [6.07, 6.45) is 2.12. The Morgan fingerprint density at radius 3 is 3.06 bits per heavy atom. The van der Waals surface area contributed by atoms with Crippen molar-refractivity contribution in [2.24, 2.45) is 11.7 Å². The van der Waals surface area contributed by atoms with Crippen molar-refractivity contribution in [3.8, 4) is 0 Å². The van der Waals surface area contributed by atoms with Crippen LogP contribution in [0.4, 0.5) is 0 Å². The van der Waals surface area contributed by atoms with Gasteiger partial charge in [-0.3, -0.25) is 4.79 Å². The molecule has 1 amide bonds. The minimum atomic E-state index is 0.160. The normalized spacial score (nSPS) is 19.6. The Balaban J connectivity index is 2.02. The van der Waals surface area contributed by atoms with Crippen LogP contribution in [0.15, 0.2) is 24.3 Å². The average Bonchev–Trinajstić information content (AvgIpc) is 2.77. The Kier molecular flexibility index (Phi) is 3.79. The molecule has 1 fully saturated rings. The number of rotatable bonds is 3. The molecule has 2 N–H and O–H groups in total. The lowest BCUT2D eigenvalue weighted by atomic mass is 10.1. The summed E-state index contributed by atoms with van der Waals surface area (Å²) in [5.41, 5.74) is 7.49. The standard InChI is InChI=1S/C14H20N2O/c1-11-3-2-4-13(9-11)14(17)16-8-6-12(10-16)5-7-15/h2-4,9,12H,5-8,10,15H2,1H3. The van der Waals surface area contributed by atoms with Gasteiger partial charge in [-0.1, -0.05) is 17.7 Å². The van der Waals surface area contributed by atoms with Crippen LogP contribution in [-0.4, -0.2) is 30.4 Å². The highest BCUT2D eigenvalue weighted by molar-refractivity contribution is 5.94. The minimum Gasteiger partial charge on any atom is -0.338 e. The van der Waals surface area contributed by atoms with Crippen molar-refractivity contribution in [1.29, 1.82) is 0 Å². The van der Waals surface area contributed by atoms with Gasteiger partial charge in [-0.25, -0.2) is 0 Å². The second-order valence-electron chi connectivity index (χ2n) is 4.85. The molecule has 1 saturated heterocycles. The van der Waals surface area contributed by atoms with E-state index in [4.69, 9.17) is 5.73 Å². The van der Waals surface area contributed by atoms with Crippen LogP contribution in [0.3, 0.4) is 0 Å². The van der Waals surface area contributed by atoms with Gasteiger partial charge in [0.1, 0.15) is 0 Å². The third kappa shape index (κ3) is 2.86. The smallest absolute Gasteiger partial charge is 0.253 e. The summed E-state index contributed by atoms with van der Waals surface area (Å²) < 4.78 is 0. The molecule has 3 nitrogen and oxygen atoms in total. The number of likely N-dealkylation sites (tertiary alicyclic amines) is 1. The summed E-state index contributed by atoms with van der Waals surface area (Å²) in [6, 6.07) is 7.80. The highest BCUT2D eigenvalue weighted by atomic mass is 16.2. The van der Waals surface area contributed by atoms with Crippen LogP contribution in [0.2, 0.25) is 0 Å². The Bertz CT molecular complexity index is 403. The molecule has 1 aromatic rings. The molecule has 0 aliphatic carbocycles. The summed E-state index contributed by atoms with van der Waals surface area (Å²) in [5.74, 6) is 0.752. The molecule has 1 heterocycles. The zero-order valence-electron chi connectivity index (χ0n) is 10.4. The second-order valence-corrected chi connectivity index (χ2v) is 4.85. The molecule has 1 aliphatic rings. The van der Waals surface area contributed by atoms with Crippen LogP contribution in [0.5, 0.6) is 0 Å². The Hall–Kier alpha value is -1.35. The maximum absolute atomic E-state index is 12.2. The summed E-state index contributed by atoms with van der Waals surface area (Å²) in [6.45, 7) is 4.47. The lowest BCUT2D eigenvalue weighted by molar-refractivity contribution is 0.0786. The first-order valence-electron chi connectivity index (χ1n) is 6.26. The molecular weight excluding hydrogens is 212 g/mol. The highest BCUT2D eigenvalue weighted by Crippen LogP contribution is 2.21. The van der Waals surface area contributed by atoms with E-state index in [0.717, 1.165) is 43.6 Å². The topological polar surface area (TPSA) is 46.3 Å².